The van der Waals surface area contributed by atoms with Gasteiger partial charge in [0.05, 0.1) is 12.1 Å². The van der Waals surface area contributed by atoms with Crippen LogP contribution in [0.3, 0.4) is 0 Å². The van der Waals surface area contributed by atoms with Crippen molar-refractivity contribution < 1.29 is 80.2 Å². The Kier molecular flexibility index (Phi) is 24.2. The van der Waals surface area contributed by atoms with E-state index in [-0.39, 0.29) is 38.8 Å². The summed E-state index contributed by atoms with van der Waals surface area (Å²) in [7, 11) is 0. The first-order valence-corrected chi connectivity index (χ1v) is 25.9. The van der Waals surface area contributed by atoms with Gasteiger partial charge in [-0.25, -0.2) is 4.79 Å². The lowest BCUT2D eigenvalue weighted by atomic mass is 9.91. The molecule has 0 spiro atoms. The summed E-state index contributed by atoms with van der Waals surface area (Å²) in [6, 6.07) is 9.19. The van der Waals surface area contributed by atoms with Gasteiger partial charge < -0.3 is 36.2 Å². The van der Waals surface area contributed by atoms with Gasteiger partial charge in [-0.1, -0.05) is 116 Å². The van der Waals surface area contributed by atoms with Crippen molar-refractivity contribution in [3.63, 3.8) is 0 Å². The number of ketones is 5. The van der Waals surface area contributed by atoms with E-state index in [9.17, 15) is 75.1 Å². The second kappa shape index (κ2) is 29.0. The molecule has 2 heterocycles. The molecule has 5 N–H and O–H groups in total. The molecule has 78 heavy (non-hydrogen) atoms. The summed E-state index contributed by atoms with van der Waals surface area (Å²) in [6.07, 6.45) is 0.155. The van der Waals surface area contributed by atoms with Crippen LogP contribution in [0, 0.1) is 23.7 Å². The number of aliphatic carboxylic acids is 1. The van der Waals surface area contributed by atoms with Gasteiger partial charge in [-0.05, 0) is 73.3 Å². The van der Waals surface area contributed by atoms with Crippen molar-refractivity contribution in [2.24, 2.45) is 23.7 Å². The van der Waals surface area contributed by atoms with Crippen LogP contribution >= 0.6 is 0 Å². The molecular weight excluding hydrogens is 1030 g/mol. The summed E-state index contributed by atoms with van der Waals surface area (Å²) in [5.41, 5.74) is 1.33. The van der Waals surface area contributed by atoms with Crippen LogP contribution in [0.15, 0.2) is 60.7 Å². The van der Waals surface area contributed by atoms with E-state index < -0.39 is 155 Å². The van der Waals surface area contributed by atoms with Crippen molar-refractivity contribution in [1.82, 2.24) is 31.1 Å². The summed E-state index contributed by atoms with van der Waals surface area (Å²) in [5, 5.41) is 18.1. The molecule has 6 amide bonds. The number of nitrogens with one attached hydrogen (secondary N) is 4. The Morgan fingerprint density at radius 3 is 1.13 bits per heavy atom. The molecule has 2 aromatic carbocycles. The molecule has 0 radical (unpaired) electrons. The maximum absolute atomic E-state index is 15.0. The zero-order chi connectivity index (χ0) is 59.0. The predicted molar refractivity (Wildman–Crippen MR) is 274 cm³/mol. The molecule has 23 heteroatoms. The fraction of sp³-hybridized carbons (Fsp3) is 0.564. The minimum atomic E-state index is -4.33. The molecule has 6 atom stereocenters. The number of likely N-dealkylation sites (tertiary alicyclic amines) is 2. The van der Waals surface area contributed by atoms with Crippen LogP contribution in [-0.4, -0.2) is 146 Å². The van der Waals surface area contributed by atoms with Crippen molar-refractivity contribution >= 4 is 70.3 Å². The number of rotatable bonds is 25. The number of alkyl halides is 4. The third kappa shape index (κ3) is 17.4. The van der Waals surface area contributed by atoms with Gasteiger partial charge in [-0.3, -0.25) is 52.7 Å². The maximum atomic E-state index is 15.0. The minimum Gasteiger partial charge on any atom is -0.474 e. The molecule has 0 aromatic heterocycles. The molecule has 0 saturated carbocycles. The average molecular weight is 1100 g/mol. The van der Waals surface area contributed by atoms with Crippen molar-refractivity contribution in [3.05, 3.63) is 71.8 Å². The Labute approximate surface area is 450 Å². The molecule has 2 aliphatic rings. The molecule has 2 unspecified atom stereocenters. The van der Waals surface area contributed by atoms with Crippen LogP contribution in [0.5, 0.6) is 0 Å². The molecule has 0 aliphatic carbocycles. The van der Waals surface area contributed by atoms with Crippen molar-refractivity contribution in [2.45, 2.75) is 162 Å². The lowest BCUT2D eigenvalue weighted by Gasteiger charge is -2.32. The summed E-state index contributed by atoms with van der Waals surface area (Å²) >= 11 is 0. The van der Waals surface area contributed by atoms with Gasteiger partial charge in [-0.2, -0.15) is 17.6 Å². The predicted octanol–water partition coefficient (Wildman–Crippen LogP) is 4.00. The second-order valence-corrected chi connectivity index (χ2v) is 20.8. The fourth-order valence-electron chi connectivity index (χ4n) is 8.79. The molecule has 2 saturated heterocycles. The smallest absolute Gasteiger partial charge is 0.394 e. The highest BCUT2D eigenvalue weighted by molar-refractivity contribution is 6.35. The van der Waals surface area contributed by atoms with Crippen LogP contribution in [0.4, 0.5) is 17.6 Å². The second-order valence-electron chi connectivity index (χ2n) is 20.8. The van der Waals surface area contributed by atoms with E-state index in [0.717, 1.165) is 11.8 Å². The Hall–Kier alpha value is -7.20. The van der Waals surface area contributed by atoms with Crippen LogP contribution in [-0.2, 0) is 70.4 Å². The Morgan fingerprint density at radius 2 is 0.833 bits per heavy atom. The largest absolute Gasteiger partial charge is 0.474 e. The molecule has 2 aliphatic heterocycles. The van der Waals surface area contributed by atoms with Gasteiger partial charge in [0.25, 0.3) is 5.91 Å². The van der Waals surface area contributed by atoms with E-state index >= 15 is 0 Å². The number of halogens is 4. The summed E-state index contributed by atoms with van der Waals surface area (Å²) in [6.45, 7) is 13.7. The normalized spacial score (nSPS) is 17.0. The number of hydrogen-bond donors (Lipinski definition) is 5. The topological polar surface area (TPSA) is 280 Å². The fourth-order valence-corrected chi connectivity index (χ4v) is 8.79. The van der Waals surface area contributed by atoms with Gasteiger partial charge in [0, 0.05) is 32.9 Å². The number of carboxylic acid groups (broad SMARTS) is 1. The number of carboxylic acids is 1. The monoisotopic (exact) mass is 1100 g/mol. The number of carbonyl (C=O) groups is 12. The van der Waals surface area contributed by atoms with Crippen LogP contribution in [0.2, 0.25) is 0 Å². The number of nitrogens with zero attached hydrogens (tertiary/aromatic N) is 2. The van der Waals surface area contributed by atoms with E-state index in [1.54, 1.807) is 88.4 Å². The van der Waals surface area contributed by atoms with E-state index in [0.29, 0.717) is 24.0 Å². The van der Waals surface area contributed by atoms with E-state index in [1.165, 1.54) is 32.6 Å². The van der Waals surface area contributed by atoms with Crippen molar-refractivity contribution in [3.8, 4) is 0 Å². The minimum absolute atomic E-state index is 0.0236. The average Bonchev–Trinajstić information content (AvgIpc) is 4.10. The summed E-state index contributed by atoms with van der Waals surface area (Å²) in [5.74, 6) is -25.5. The third-order valence-electron chi connectivity index (χ3n) is 13.4. The van der Waals surface area contributed by atoms with Crippen molar-refractivity contribution in [1.29, 1.82) is 0 Å². The first-order chi connectivity index (χ1) is 36.4. The van der Waals surface area contributed by atoms with Gasteiger partial charge in [0.2, 0.25) is 52.5 Å². The lowest BCUT2D eigenvalue weighted by Crippen LogP contribution is -2.59. The molecule has 4 rings (SSSR count). The van der Waals surface area contributed by atoms with E-state index in [2.05, 4.69) is 21.3 Å². The highest BCUT2D eigenvalue weighted by atomic mass is 19.3. The summed E-state index contributed by atoms with van der Waals surface area (Å²) < 4.78 is 59.8. The Bertz CT molecular complexity index is 2350. The van der Waals surface area contributed by atoms with Gasteiger partial charge in [0.15, 0.2) is 0 Å². The highest BCUT2D eigenvalue weighted by Gasteiger charge is 2.52. The van der Waals surface area contributed by atoms with E-state index in [4.69, 9.17) is 5.11 Å². The molecule has 19 nitrogen and oxygen atoms in total. The summed E-state index contributed by atoms with van der Waals surface area (Å²) in [4.78, 5) is 151. The number of carbonyl (C=O) groups excluding carboxylic acids is 11. The maximum Gasteiger partial charge on any atom is 0.394 e. The van der Waals surface area contributed by atoms with Gasteiger partial charge >= 0.3 is 23.7 Å². The first kappa shape index (κ1) is 65.1. The Balaban J connectivity index is 0.000000410. The lowest BCUT2D eigenvalue weighted by molar-refractivity contribution is -0.160. The van der Waals surface area contributed by atoms with Crippen LogP contribution in [0.1, 0.15) is 112 Å². The molecular formula is C55H72F4N6O13. The van der Waals surface area contributed by atoms with Gasteiger partial charge in [-0.15, -0.1) is 0 Å². The highest BCUT2D eigenvalue weighted by Crippen LogP contribution is 2.28. The van der Waals surface area contributed by atoms with Gasteiger partial charge in [0.1, 0.15) is 24.2 Å². The van der Waals surface area contributed by atoms with E-state index in [1.807, 2.05) is 0 Å². The number of Topliss-reactive ketones (excluding diaryl/α,β-unsaturated/α-hetero) is 5. The number of aryl methyl sites for hydroxylation is 2. The standard InChI is InChI=1S/C28H37F2N3O6.C27H35F2N3O7/c1-16(2)22(24(36)28(29,30)21(35)14-13-19-10-7-6-8-11-19)31-26(38)20-12-9-15-33(20)27(39)23(17(3)4)32-25(37)18(5)34;1-15(2)20(22(34)27(28,29)19(33)13-12-17-9-6-5-7-10-17)30-23(35)18-11-8-14-32(18)25(37)21(16(3)4)31-24(36)26(38)39/h6-8,10-11,16-17,20,22-23H,9,12-15H2,1-5H3,(H,31,38)(H,32,37);5-7,9-10,15-16,18,20-21H,8,11-14H2,1-4H3,(H,30,35)(H,31,36)(H,38,39)/t20?,22-,23-;18?,20-,21-/m00/s1. The molecule has 428 valence electrons. The third-order valence-corrected chi connectivity index (χ3v) is 13.4. The molecule has 2 fully saturated rings. The number of amides is 6. The SMILES string of the molecule is CC(=O)C(=O)N[C@H](C(=O)N1CCCC1C(=O)N[C@H](C(=O)C(F)(F)C(=O)CCc1ccccc1)C(C)C)C(C)C.CC(C)[C@H](NC(=O)C(=O)O)C(=O)N1CCCC1C(=O)N[C@H](C(=O)C(F)(F)C(=O)CCc1ccccc1)C(C)C. The zero-order valence-electron chi connectivity index (χ0n) is 45.4. The molecule has 2 aromatic rings. The number of benzene rings is 2. The van der Waals surface area contributed by atoms with Crippen LogP contribution < -0.4 is 21.3 Å². The molecule has 0 bridgehead atoms. The first-order valence-electron chi connectivity index (χ1n) is 25.9. The Morgan fingerprint density at radius 1 is 0.513 bits per heavy atom. The van der Waals surface area contributed by atoms with Crippen molar-refractivity contribution in [2.75, 3.05) is 13.1 Å². The van der Waals surface area contributed by atoms with Crippen LogP contribution in [0.25, 0.3) is 0 Å². The number of hydrogen-bond acceptors (Lipinski definition) is 12. The zero-order valence-corrected chi connectivity index (χ0v) is 45.4. The quantitative estimate of drug-likeness (QED) is 0.0535.